The largest absolute Gasteiger partial charge is 0.379 e. The molecule has 1 heterocycles. The van der Waals surface area contributed by atoms with Crippen molar-refractivity contribution in [1.82, 2.24) is 10.6 Å². The average molecular weight is 229 g/mol. The third-order valence-electron chi connectivity index (χ3n) is 2.86. The van der Waals surface area contributed by atoms with E-state index in [1.165, 1.54) is 0 Å². The second-order valence-electron chi connectivity index (χ2n) is 4.61. The number of ether oxygens (including phenoxy) is 1. The minimum atomic E-state index is -0.109. The number of nitrogens with two attached hydrogens (primary N) is 1. The van der Waals surface area contributed by atoms with Crippen LogP contribution in [0.2, 0.25) is 0 Å². The van der Waals surface area contributed by atoms with Crippen LogP contribution in [-0.2, 0) is 4.74 Å². The fourth-order valence-electron chi connectivity index (χ4n) is 1.80. The predicted octanol–water partition coefficient (Wildman–Crippen LogP) is 0.448. The molecule has 0 aromatic carbocycles. The molecule has 0 saturated carbocycles. The molecule has 1 fully saturated rings. The zero-order chi connectivity index (χ0) is 12.0. The Morgan fingerprint density at radius 1 is 1.56 bits per heavy atom. The zero-order valence-electron chi connectivity index (χ0n) is 10.2. The van der Waals surface area contributed by atoms with Gasteiger partial charge in [0.25, 0.3) is 0 Å². The summed E-state index contributed by atoms with van der Waals surface area (Å²) in [4.78, 5) is 11.7. The van der Waals surface area contributed by atoms with Crippen LogP contribution in [0.4, 0.5) is 4.79 Å². The van der Waals surface area contributed by atoms with Crippen molar-refractivity contribution in [3.05, 3.63) is 0 Å². The van der Waals surface area contributed by atoms with Gasteiger partial charge in [-0.05, 0) is 25.3 Å². The monoisotopic (exact) mass is 229 g/mol. The van der Waals surface area contributed by atoms with E-state index in [4.69, 9.17) is 10.5 Å². The highest BCUT2D eigenvalue weighted by molar-refractivity contribution is 5.74. The Bertz CT molecular complexity index is 215. The summed E-state index contributed by atoms with van der Waals surface area (Å²) >= 11 is 0. The standard InChI is InChI=1S/C11H23N3O2/c1-8(2)10(3-5-12)14-11(15)13-9-4-6-16-7-9/h8-10H,3-7,12H2,1-2H3,(H2,13,14,15). The lowest BCUT2D eigenvalue weighted by molar-refractivity contribution is 0.187. The lowest BCUT2D eigenvalue weighted by Gasteiger charge is -2.23. The number of carbonyl (C=O) groups excluding carboxylic acids is 1. The van der Waals surface area contributed by atoms with Crippen LogP contribution in [0.15, 0.2) is 0 Å². The molecule has 2 unspecified atom stereocenters. The molecule has 1 rings (SSSR count). The zero-order valence-corrected chi connectivity index (χ0v) is 10.2. The first-order chi connectivity index (χ1) is 7.63. The number of nitrogens with one attached hydrogen (secondary N) is 2. The van der Waals surface area contributed by atoms with Crippen LogP contribution in [0.3, 0.4) is 0 Å². The molecular formula is C11H23N3O2. The maximum Gasteiger partial charge on any atom is 0.315 e. The lowest BCUT2D eigenvalue weighted by atomic mass is 10.0. The molecule has 1 aliphatic rings. The summed E-state index contributed by atoms with van der Waals surface area (Å²) < 4.78 is 5.20. The molecule has 16 heavy (non-hydrogen) atoms. The van der Waals surface area contributed by atoms with Crippen molar-refractivity contribution in [3.63, 3.8) is 0 Å². The van der Waals surface area contributed by atoms with Gasteiger partial charge in [-0.15, -0.1) is 0 Å². The van der Waals surface area contributed by atoms with Gasteiger partial charge in [0.2, 0.25) is 0 Å². The van der Waals surface area contributed by atoms with Crippen LogP contribution in [0.25, 0.3) is 0 Å². The highest BCUT2D eigenvalue weighted by atomic mass is 16.5. The fraction of sp³-hybridized carbons (Fsp3) is 0.909. The molecule has 94 valence electrons. The van der Waals surface area contributed by atoms with Gasteiger partial charge in [-0.25, -0.2) is 4.79 Å². The SMILES string of the molecule is CC(C)C(CCN)NC(=O)NC1CCOC1. The van der Waals surface area contributed by atoms with Gasteiger partial charge in [0.05, 0.1) is 12.6 Å². The summed E-state index contributed by atoms with van der Waals surface area (Å²) in [6, 6.07) is 0.195. The number of carbonyl (C=O) groups is 1. The molecule has 0 aromatic heterocycles. The van der Waals surface area contributed by atoms with E-state index >= 15 is 0 Å². The number of amides is 2. The third kappa shape index (κ3) is 4.37. The van der Waals surface area contributed by atoms with Gasteiger partial charge >= 0.3 is 6.03 Å². The van der Waals surface area contributed by atoms with Crippen LogP contribution in [0.5, 0.6) is 0 Å². The van der Waals surface area contributed by atoms with Crippen molar-refractivity contribution in [2.24, 2.45) is 11.7 Å². The second-order valence-corrected chi connectivity index (χ2v) is 4.61. The van der Waals surface area contributed by atoms with E-state index in [-0.39, 0.29) is 18.1 Å². The number of hydrogen-bond donors (Lipinski definition) is 3. The van der Waals surface area contributed by atoms with E-state index in [0.29, 0.717) is 19.1 Å². The van der Waals surface area contributed by atoms with E-state index in [1.54, 1.807) is 0 Å². The Kier molecular flexibility index (Phi) is 5.55. The van der Waals surface area contributed by atoms with Gasteiger partial charge in [-0.2, -0.15) is 0 Å². The summed E-state index contributed by atoms with van der Waals surface area (Å²) in [5.41, 5.74) is 5.51. The van der Waals surface area contributed by atoms with Crippen LogP contribution >= 0.6 is 0 Å². The Labute approximate surface area is 97.1 Å². The molecular weight excluding hydrogens is 206 g/mol. The van der Waals surface area contributed by atoms with Gasteiger partial charge in [0.1, 0.15) is 0 Å². The number of rotatable bonds is 5. The van der Waals surface area contributed by atoms with Gasteiger partial charge in [0, 0.05) is 12.6 Å². The Hall–Kier alpha value is -0.810. The molecule has 0 radical (unpaired) electrons. The topological polar surface area (TPSA) is 76.4 Å². The Morgan fingerprint density at radius 2 is 2.31 bits per heavy atom. The van der Waals surface area contributed by atoms with Gasteiger partial charge < -0.3 is 21.1 Å². The smallest absolute Gasteiger partial charge is 0.315 e. The van der Waals surface area contributed by atoms with E-state index < -0.39 is 0 Å². The fourth-order valence-corrected chi connectivity index (χ4v) is 1.80. The molecule has 1 saturated heterocycles. The minimum absolute atomic E-state index is 0.109. The van der Waals surface area contributed by atoms with Crippen molar-refractivity contribution in [3.8, 4) is 0 Å². The molecule has 5 heteroatoms. The van der Waals surface area contributed by atoms with Gasteiger partial charge in [0.15, 0.2) is 0 Å². The van der Waals surface area contributed by atoms with E-state index in [1.807, 2.05) is 0 Å². The molecule has 1 aliphatic heterocycles. The molecule has 2 amide bonds. The number of urea groups is 1. The van der Waals surface area contributed by atoms with Crippen molar-refractivity contribution < 1.29 is 9.53 Å². The van der Waals surface area contributed by atoms with Gasteiger partial charge in [-0.1, -0.05) is 13.8 Å². The minimum Gasteiger partial charge on any atom is -0.379 e. The van der Waals surface area contributed by atoms with Crippen molar-refractivity contribution in [1.29, 1.82) is 0 Å². The molecule has 5 nitrogen and oxygen atoms in total. The van der Waals surface area contributed by atoms with Crippen LogP contribution in [-0.4, -0.2) is 37.9 Å². The van der Waals surface area contributed by atoms with E-state index in [2.05, 4.69) is 24.5 Å². The van der Waals surface area contributed by atoms with Gasteiger partial charge in [-0.3, -0.25) is 0 Å². The maximum absolute atomic E-state index is 11.7. The summed E-state index contributed by atoms with van der Waals surface area (Å²) in [7, 11) is 0. The van der Waals surface area contributed by atoms with Crippen molar-refractivity contribution in [2.45, 2.75) is 38.8 Å². The first kappa shape index (κ1) is 13.3. The first-order valence-corrected chi connectivity index (χ1v) is 5.98. The van der Waals surface area contributed by atoms with Crippen molar-refractivity contribution >= 4 is 6.03 Å². The molecule has 4 N–H and O–H groups in total. The third-order valence-corrected chi connectivity index (χ3v) is 2.86. The summed E-state index contributed by atoms with van der Waals surface area (Å²) in [5, 5.41) is 5.87. The predicted molar refractivity (Wildman–Crippen MR) is 63.2 cm³/mol. The molecule has 0 aliphatic carbocycles. The lowest BCUT2D eigenvalue weighted by Crippen LogP contribution is -2.48. The van der Waals surface area contributed by atoms with E-state index in [9.17, 15) is 4.79 Å². The van der Waals surface area contributed by atoms with E-state index in [0.717, 1.165) is 19.4 Å². The molecule has 0 spiro atoms. The second kappa shape index (κ2) is 6.70. The summed E-state index contributed by atoms with van der Waals surface area (Å²) in [6.45, 7) is 6.12. The normalized spacial score (nSPS) is 22.1. The molecule has 0 aromatic rings. The maximum atomic E-state index is 11.7. The van der Waals surface area contributed by atoms with Crippen LogP contribution in [0, 0.1) is 5.92 Å². The van der Waals surface area contributed by atoms with Crippen molar-refractivity contribution in [2.75, 3.05) is 19.8 Å². The highest BCUT2D eigenvalue weighted by Crippen LogP contribution is 2.06. The van der Waals surface area contributed by atoms with Crippen LogP contribution in [0.1, 0.15) is 26.7 Å². The highest BCUT2D eigenvalue weighted by Gasteiger charge is 2.20. The molecule has 2 atom stereocenters. The Balaban J connectivity index is 2.29. The number of hydrogen-bond acceptors (Lipinski definition) is 3. The molecule has 0 bridgehead atoms. The summed E-state index contributed by atoms with van der Waals surface area (Å²) in [6.07, 6.45) is 1.71. The Morgan fingerprint density at radius 3 is 2.81 bits per heavy atom. The quantitative estimate of drug-likeness (QED) is 0.640. The first-order valence-electron chi connectivity index (χ1n) is 5.98. The van der Waals surface area contributed by atoms with Crippen LogP contribution < -0.4 is 16.4 Å². The summed E-state index contributed by atoms with van der Waals surface area (Å²) in [5.74, 6) is 0.397. The average Bonchev–Trinajstić information content (AvgIpc) is 2.69.